The van der Waals surface area contributed by atoms with Gasteiger partial charge in [-0.15, -0.1) is 10.2 Å². The van der Waals surface area contributed by atoms with E-state index in [9.17, 15) is 18.4 Å². The molecule has 1 aromatic rings. The molecule has 0 fully saturated rings. The normalized spacial score (nSPS) is 12.0. The molecule has 0 aromatic carbocycles. The van der Waals surface area contributed by atoms with E-state index >= 15 is 0 Å². The van der Waals surface area contributed by atoms with Gasteiger partial charge in [0.2, 0.25) is 11.2 Å². The van der Waals surface area contributed by atoms with Crippen LogP contribution in [0.4, 0.5) is 13.2 Å². The minimum atomic E-state index is -2.29. The third kappa shape index (κ3) is 5.60. The van der Waals surface area contributed by atoms with Crippen LogP contribution >= 0.6 is 23.1 Å². The molecule has 0 saturated carbocycles. The zero-order chi connectivity index (χ0) is 14.4. The number of hydrogen-bond acceptors (Lipinski definition) is 5. The Bertz CT molecular complexity index is 484. The highest BCUT2D eigenvalue weighted by Gasteiger charge is 2.09. The van der Waals surface area contributed by atoms with Crippen molar-refractivity contribution in [3.05, 3.63) is 22.1 Å². The lowest BCUT2D eigenvalue weighted by Gasteiger charge is -2.04. The van der Waals surface area contributed by atoms with Gasteiger partial charge < -0.3 is 5.21 Å². The molecule has 0 spiro atoms. The highest BCUT2D eigenvalue weighted by atomic mass is 32.2. The van der Waals surface area contributed by atoms with Gasteiger partial charge in [-0.05, 0) is 13.8 Å². The summed E-state index contributed by atoms with van der Waals surface area (Å²) in [7, 11) is 0. The van der Waals surface area contributed by atoms with Crippen LogP contribution in [0.3, 0.4) is 0 Å². The average Bonchev–Trinajstić information content (AvgIpc) is 2.76. The van der Waals surface area contributed by atoms with Gasteiger partial charge in [0.25, 0.3) is 0 Å². The average molecular weight is 311 g/mol. The third-order valence-electron chi connectivity index (χ3n) is 1.92. The lowest BCUT2D eigenvalue weighted by molar-refractivity contribution is -0.487. The minimum Gasteiger partial charge on any atom is -0.624 e. The molecule has 0 N–H and O–H groups in total. The summed E-state index contributed by atoms with van der Waals surface area (Å²) < 4.78 is 37.4. The Morgan fingerprint density at radius 2 is 2.11 bits per heavy atom. The lowest BCUT2D eigenvalue weighted by Crippen LogP contribution is -2.14. The highest BCUT2D eigenvalue weighted by Crippen LogP contribution is 2.24. The molecule has 0 aliphatic heterocycles. The van der Waals surface area contributed by atoms with Gasteiger partial charge >= 0.3 is 6.08 Å². The molecular weight excluding hydrogens is 299 g/mol. The first kappa shape index (κ1) is 16.0. The van der Waals surface area contributed by atoms with Gasteiger partial charge in [-0.2, -0.15) is 8.78 Å². The zero-order valence-electron chi connectivity index (χ0n) is 10.3. The van der Waals surface area contributed by atoms with E-state index in [-0.39, 0.29) is 18.2 Å². The van der Waals surface area contributed by atoms with Gasteiger partial charge in [-0.3, -0.25) is 0 Å². The van der Waals surface area contributed by atoms with Gasteiger partial charge in [-0.1, -0.05) is 23.1 Å². The topological polar surface area (TPSA) is 51.9 Å². The summed E-state index contributed by atoms with van der Waals surface area (Å²) in [5, 5.41) is 19.3. The fourth-order valence-electron chi connectivity index (χ4n) is 0.911. The predicted molar refractivity (Wildman–Crippen MR) is 69.5 cm³/mol. The van der Waals surface area contributed by atoms with E-state index in [0.29, 0.717) is 9.35 Å². The van der Waals surface area contributed by atoms with E-state index in [1.165, 1.54) is 6.21 Å². The monoisotopic (exact) mass is 311 g/mol. The van der Waals surface area contributed by atoms with Gasteiger partial charge in [-0.25, -0.2) is 9.13 Å². The van der Waals surface area contributed by atoms with Crippen LogP contribution in [-0.2, 0) is 0 Å². The second-order valence-corrected chi connectivity index (χ2v) is 6.10. The molecular formula is C10H12F3N3OS2. The molecule has 0 bridgehead atoms. The van der Waals surface area contributed by atoms with Gasteiger partial charge in [0.05, 0.1) is 0 Å². The molecule has 0 atom stereocenters. The first-order valence-corrected chi connectivity index (χ1v) is 7.16. The number of thioether (sulfide) groups is 1. The standard InChI is InChI=1S/C10H12F3N3OS2/c1-6(2)16(17)5-8-14-15-10(19-8)18-4-3-7(11)9(12)13/h5-6H,3-4H2,1-2H3/b16-5-. The van der Waals surface area contributed by atoms with Crippen molar-refractivity contribution in [1.82, 2.24) is 10.2 Å². The van der Waals surface area contributed by atoms with Crippen molar-refractivity contribution < 1.29 is 17.9 Å². The van der Waals surface area contributed by atoms with Gasteiger partial charge in [0.15, 0.2) is 16.2 Å². The van der Waals surface area contributed by atoms with Gasteiger partial charge in [0, 0.05) is 12.2 Å². The Morgan fingerprint density at radius 1 is 1.42 bits per heavy atom. The van der Waals surface area contributed by atoms with E-state index in [1.807, 2.05) is 0 Å². The number of hydrogen-bond donors (Lipinski definition) is 0. The Kier molecular flexibility index (Phi) is 6.29. The van der Waals surface area contributed by atoms with E-state index in [4.69, 9.17) is 0 Å². The van der Waals surface area contributed by atoms with Crippen LogP contribution < -0.4 is 0 Å². The molecule has 0 amide bonds. The maximum Gasteiger partial charge on any atom is 0.301 e. The van der Waals surface area contributed by atoms with Crippen molar-refractivity contribution in [1.29, 1.82) is 0 Å². The summed E-state index contributed by atoms with van der Waals surface area (Å²) in [6.07, 6.45) is -1.33. The third-order valence-corrected chi connectivity index (χ3v) is 3.91. The number of allylic oxidation sites excluding steroid dienone is 1. The van der Waals surface area contributed by atoms with E-state index in [0.717, 1.165) is 27.8 Å². The Labute approximate surface area is 116 Å². The quantitative estimate of drug-likeness (QED) is 0.265. The lowest BCUT2D eigenvalue weighted by atomic mass is 10.4. The van der Waals surface area contributed by atoms with Crippen molar-refractivity contribution in [2.75, 3.05) is 5.75 Å². The fraction of sp³-hybridized carbons (Fsp3) is 0.500. The molecule has 0 saturated heterocycles. The summed E-state index contributed by atoms with van der Waals surface area (Å²) in [5.41, 5.74) is 0. The van der Waals surface area contributed by atoms with Crippen molar-refractivity contribution >= 4 is 29.3 Å². The Morgan fingerprint density at radius 3 is 2.68 bits per heavy atom. The first-order valence-electron chi connectivity index (χ1n) is 5.36. The summed E-state index contributed by atoms with van der Waals surface area (Å²) in [6, 6.07) is -0.202. The Balaban J connectivity index is 2.52. The van der Waals surface area contributed by atoms with Crippen LogP contribution in [0, 0.1) is 5.21 Å². The summed E-state index contributed by atoms with van der Waals surface area (Å²) in [5.74, 6) is -1.27. The second-order valence-electron chi connectivity index (χ2n) is 3.75. The molecule has 4 nitrogen and oxygen atoms in total. The van der Waals surface area contributed by atoms with E-state index in [2.05, 4.69) is 10.2 Å². The summed E-state index contributed by atoms with van der Waals surface area (Å²) >= 11 is 2.28. The molecule has 106 valence electrons. The van der Waals surface area contributed by atoms with Crippen LogP contribution in [-0.4, -0.2) is 32.9 Å². The molecule has 1 rings (SSSR count). The van der Waals surface area contributed by atoms with E-state index < -0.39 is 11.9 Å². The molecule has 0 unspecified atom stereocenters. The zero-order valence-corrected chi connectivity index (χ0v) is 11.9. The molecule has 9 heteroatoms. The Hall–Kier alpha value is -1.09. The van der Waals surface area contributed by atoms with Crippen LogP contribution in [0.15, 0.2) is 16.2 Å². The van der Waals surface area contributed by atoms with Crippen LogP contribution in [0.25, 0.3) is 0 Å². The molecule has 1 aromatic heterocycles. The summed E-state index contributed by atoms with van der Waals surface area (Å²) in [6.45, 7) is 3.47. The SMILES string of the molecule is CC(C)/[N+]([O-])=C/c1nnc(SCCC(F)=C(F)F)s1. The number of nitrogens with zero attached hydrogens (tertiary/aromatic N) is 3. The molecule has 0 aliphatic carbocycles. The number of halogens is 3. The fourth-order valence-corrected chi connectivity index (χ4v) is 2.71. The summed E-state index contributed by atoms with van der Waals surface area (Å²) in [4.78, 5) is 0. The maximum absolute atomic E-state index is 12.5. The predicted octanol–water partition coefficient (Wildman–Crippen LogP) is 3.44. The number of hydroxylamine groups is 1. The highest BCUT2D eigenvalue weighted by molar-refractivity contribution is 8.01. The van der Waals surface area contributed by atoms with Crippen molar-refractivity contribution in [2.45, 2.75) is 30.6 Å². The van der Waals surface area contributed by atoms with Crippen molar-refractivity contribution in [3.63, 3.8) is 0 Å². The molecule has 0 radical (unpaired) electrons. The van der Waals surface area contributed by atoms with Crippen LogP contribution in [0.2, 0.25) is 0 Å². The molecule has 0 aliphatic rings. The second kappa shape index (κ2) is 7.49. The smallest absolute Gasteiger partial charge is 0.301 e. The molecule has 1 heterocycles. The van der Waals surface area contributed by atoms with Crippen LogP contribution in [0.5, 0.6) is 0 Å². The number of rotatable bonds is 6. The molecule has 19 heavy (non-hydrogen) atoms. The van der Waals surface area contributed by atoms with E-state index in [1.54, 1.807) is 13.8 Å². The first-order chi connectivity index (χ1) is 8.90. The maximum atomic E-state index is 12.5. The van der Waals surface area contributed by atoms with Crippen molar-refractivity contribution in [2.24, 2.45) is 0 Å². The largest absolute Gasteiger partial charge is 0.624 e. The number of aromatic nitrogens is 2. The minimum absolute atomic E-state index is 0.142. The van der Waals surface area contributed by atoms with Crippen LogP contribution in [0.1, 0.15) is 25.3 Å². The van der Waals surface area contributed by atoms with Crippen molar-refractivity contribution in [3.8, 4) is 0 Å². The van der Waals surface area contributed by atoms with Gasteiger partial charge in [0.1, 0.15) is 0 Å².